The van der Waals surface area contributed by atoms with Gasteiger partial charge in [-0.05, 0) is 51.8 Å². The molecule has 0 spiro atoms. The van der Waals surface area contributed by atoms with Crippen molar-refractivity contribution in [1.82, 2.24) is 5.32 Å². The number of nitrogens with one attached hydrogen (secondary N) is 1. The molecule has 2 aromatic rings. The van der Waals surface area contributed by atoms with E-state index in [4.69, 9.17) is 23.7 Å². The van der Waals surface area contributed by atoms with E-state index in [1.807, 2.05) is 12.1 Å². The van der Waals surface area contributed by atoms with E-state index < -0.39 is 0 Å². The molecule has 0 fully saturated rings. The second kappa shape index (κ2) is 10.6. The Morgan fingerprint density at radius 2 is 1.55 bits per heavy atom. The van der Waals surface area contributed by atoms with Crippen molar-refractivity contribution in [3.05, 3.63) is 45.9 Å². The maximum Gasteiger partial charge on any atom is 0.244 e. The van der Waals surface area contributed by atoms with E-state index in [1.54, 1.807) is 39.5 Å². The zero-order chi connectivity index (χ0) is 21.4. The van der Waals surface area contributed by atoms with E-state index in [2.05, 4.69) is 21.2 Å². The largest absolute Gasteiger partial charge is 0.493 e. The molecular formula is C21H24BrNO6. The molecule has 0 saturated carbocycles. The van der Waals surface area contributed by atoms with Crippen molar-refractivity contribution >= 4 is 27.9 Å². The quantitative estimate of drug-likeness (QED) is 0.567. The van der Waals surface area contributed by atoms with Gasteiger partial charge in [-0.1, -0.05) is 0 Å². The van der Waals surface area contributed by atoms with Crippen LogP contribution in [0.5, 0.6) is 28.7 Å². The number of rotatable bonds is 9. The van der Waals surface area contributed by atoms with E-state index in [0.29, 0.717) is 28.7 Å². The highest BCUT2D eigenvalue weighted by Crippen LogP contribution is 2.39. The minimum atomic E-state index is -0.257. The maximum atomic E-state index is 12.3. The zero-order valence-electron chi connectivity index (χ0n) is 17.0. The highest BCUT2D eigenvalue weighted by atomic mass is 79.9. The summed E-state index contributed by atoms with van der Waals surface area (Å²) in [7, 11) is 7.75. The Morgan fingerprint density at radius 3 is 2.14 bits per heavy atom. The number of methoxy groups -OCH3 is 5. The molecule has 29 heavy (non-hydrogen) atoms. The van der Waals surface area contributed by atoms with Crippen LogP contribution in [-0.4, -0.2) is 41.5 Å². The Labute approximate surface area is 178 Å². The maximum absolute atomic E-state index is 12.3. The fourth-order valence-corrected chi connectivity index (χ4v) is 3.37. The molecule has 0 radical (unpaired) electrons. The average molecular weight is 466 g/mol. The lowest BCUT2D eigenvalue weighted by Gasteiger charge is -2.15. The molecule has 1 amide bonds. The highest BCUT2D eigenvalue weighted by Gasteiger charge is 2.16. The molecule has 2 rings (SSSR count). The van der Waals surface area contributed by atoms with Crippen molar-refractivity contribution in [3.63, 3.8) is 0 Å². The number of ether oxygens (including phenoxy) is 5. The van der Waals surface area contributed by atoms with E-state index in [9.17, 15) is 4.79 Å². The number of amides is 1. The van der Waals surface area contributed by atoms with Gasteiger partial charge < -0.3 is 29.0 Å². The van der Waals surface area contributed by atoms with Crippen molar-refractivity contribution in [1.29, 1.82) is 0 Å². The third kappa shape index (κ3) is 5.35. The lowest BCUT2D eigenvalue weighted by atomic mass is 10.1. The minimum Gasteiger partial charge on any atom is -0.493 e. The third-order valence-electron chi connectivity index (χ3n) is 4.12. The summed E-state index contributed by atoms with van der Waals surface area (Å²) in [6, 6.07) is 7.20. The van der Waals surface area contributed by atoms with Crippen LogP contribution in [0.4, 0.5) is 0 Å². The Bertz CT molecular complexity index is 897. The standard InChI is InChI=1S/C21H24BrNO6/c1-25-16-8-7-14(19(27-3)21(16)29-5)12-23-18(24)9-6-13-10-15(22)20(28-4)17(11-13)26-2/h6-11H,12H2,1-5H3,(H,23,24)/b9-6+. The van der Waals surface area contributed by atoms with E-state index in [0.717, 1.165) is 15.6 Å². The Hall–Kier alpha value is -2.87. The van der Waals surface area contributed by atoms with Crippen LogP contribution >= 0.6 is 15.9 Å². The SMILES string of the molecule is COc1cc(/C=C/C(=O)NCc2ccc(OC)c(OC)c2OC)cc(Br)c1OC. The van der Waals surface area contributed by atoms with Crippen LogP contribution in [0.25, 0.3) is 6.08 Å². The first-order valence-corrected chi connectivity index (χ1v) is 9.43. The minimum absolute atomic E-state index is 0.257. The monoisotopic (exact) mass is 465 g/mol. The third-order valence-corrected chi connectivity index (χ3v) is 4.71. The summed E-state index contributed by atoms with van der Waals surface area (Å²) in [6.45, 7) is 0.266. The summed E-state index contributed by atoms with van der Waals surface area (Å²) in [5, 5.41) is 2.83. The molecule has 7 nitrogen and oxygen atoms in total. The zero-order valence-corrected chi connectivity index (χ0v) is 18.6. The topological polar surface area (TPSA) is 75.3 Å². The molecule has 0 bridgehead atoms. The second-order valence-electron chi connectivity index (χ2n) is 5.78. The fraction of sp³-hybridized carbons (Fsp3) is 0.286. The van der Waals surface area contributed by atoms with Crippen LogP contribution < -0.4 is 29.0 Å². The van der Waals surface area contributed by atoms with Gasteiger partial charge in [-0.25, -0.2) is 0 Å². The van der Waals surface area contributed by atoms with Gasteiger partial charge >= 0.3 is 0 Å². The van der Waals surface area contributed by atoms with Crippen LogP contribution in [0, 0.1) is 0 Å². The van der Waals surface area contributed by atoms with E-state index in [1.165, 1.54) is 20.3 Å². The normalized spacial score (nSPS) is 10.6. The van der Waals surface area contributed by atoms with E-state index >= 15 is 0 Å². The van der Waals surface area contributed by atoms with Gasteiger partial charge in [-0.15, -0.1) is 0 Å². The molecular weight excluding hydrogens is 442 g/mol. The number of benzene rings is 2. The van der Waals surface area contributed by atoms with Crippen molar-refractivity contribution in [2.45, 2.75) is 6.54 Å². The molecule has 156 valence electrons. The molecule has 0 aliphatic heterocycles. The predicted octanol–water partition coefficient (Wildman–Crippen LogP) is 3.82. The molecule has 0 atom stereocenters. The smallest absolute Gasteiger partial charge is 0.244 e. The van der Waals surface area contributed by atoms with Gasteiger partial charge in [0.05, 0.1) is 40.0 Å². The van der Waals surface area contributed by atoms with Gasteiger partial charge in [0.15, 0.2) is 23.0 Å². The summed E-state index contributed by atoms with van der Waals surface area (Å²) in [5.74, 6) is 2.45. The van der Waals surface area contributed by atoms with Crippen LogP contribution in [-0.2, 0) is 11.3 Å². The van der Waals surface area contributed by atoms with Gasteiger partial charge in [-0.2, -0.15) is 0 Å². The summed E-state index contributed by atoms with van der Waals surface area (Å²) >= 11 is 3.43. The number of carbonyl (C=O) groups excluding carboxylic acids is 1. The average Bonchev–Trinajstić information content (AvgIpc) is 2.74. The lowest BCUT2D eigenvalue weighted by Crippen LogP contribution is -2.20. The first kappa shape index (κ1) is 22.4. The Balaban J connectivity index is 2.12. The molecule has 0 heterocycles. The lowest BCUT2D eigenvalue weighted by molar-refractivity contribution is -0.116. The molecule has 0 saturated heterocycles. The second-order valence-corrected chi connectivity index (χ2v) is 6.64. The molecule has 0 unspecified atom stereocenters. The summed E-state index contributed by atoms with van der Waals surface area (Å²) < 4.78 is 27.4. The summed E-state index contributed by atoms with van der Waals surface area (Å²) in [6.07, 6.45) is 3.13. The summed E-state index contributed by atoms with van der Waals surface area (Å²) in [4.78, 5) is 12.3. The first-order valence-electron chi connectivity index (χ1n) is 8.64. The molecule has 0 aromatic heterocycles. The van der Waals surface area contributed by atoms with Crippen LogP contribution in [0.1, 0.15) is 11.1 Å². The van der Waals surface area contributed by atoms with Crippen LogP contribution in [0.3, 0.4) is 0 Å². The number of hydrogen-bond donors (Lipinski definition) is 1. The molecule has 1 N–H and O–H groups in total. The molecule has 0 aliphatic carbocycles. The van der Waals surface area contributed by atoms with Crippen LogP contribution in [0.2, 0.25) is 0 Å². The van der Waals surface area contributed by atoms with Gasteiger partial charge in [0.2, 0.25) is 11.7 Å². The first-order chi connectivity index (χ1) is 14.0. The van der Waals surface area contributed by atoms with Gasteiger partial charge in [-0.3, -0.25) is 4.79 Å². The van der Waals surface area contributed by atoms with Crippen molar-refractivity contribution in [2.24, 2.45) is 0 Å². The van der Waals surface area contributed by atoms with Crippen LogP contribution in [0.15, 0.2) is 34.8 Å². The van der Waals surface area contributed by atoms with Crippen molar-refractivity contribution in [2.75, 3.05) is 35.5 Å². The molecule has 8 heteroatoms. The van der Waals surface area contributed by atoms with Crippen molar-refractivity contribution in [3.8, 4) is 28.7 Å². The number of hydrogen-bond acceptors (Lipinski definition) is 6. The fourth-order valence-electron chi connectivity index (χ4n) is 2.75. The van der Waals surface area contributed by atoms with Gasteiger partial charge in [0.25, 0.3) is 0 Å². The summed E-state index contributed by atoms with van der Waals surface area (Å²) in [5.41, 5.74) is 1.55. The Morgan fingerprint density at radius 1 is 0.897 bits per heavy atom. The predicted molar refractivity (Wildman–Crippen MR) is 114 cm³/mol. The van der Waals surface area contributed by atoms with Gasteiger partial charge in [0, 0.05) is 18.2 Å². The highest BCUT2D eigenvalue weighted by molar-refractivity contribution is 9.10. The Kier molecular flexibility index (Phi) is 8.21. The van der Waals surface area contributed by atoms with Gasteiger partial charge in [0.1, 0.15) is 0 Å². The van der Waals surface area contributed by atoms with E-state index in [-0.39, 0.29) is 12.5 Å². The molecule has 0 aliphatic rings. The molecule has 2 aromatic carbocycles. The number of halogens is 1. The van der Waals surface area contributed by atoms with Crippen molar-refractivity contribution < 1.29 is 28.5 Å². The number of carbonyl (C=O) groups is 1.